The second-order valence-corrected chi connectivity index (χ2v) is 4.14. The minimum absolute atomic E-state index is 0.234. The van der Waals surface area contributed by atoms with Gasteiger partial charge < -0.3 is 4.74 Å². The molecule has 0 radical (unpaired) electrons. The van der Waals surface area contributed by atoms with Crippen molar-refractivity contribution < 1.29 is 4.74 Å². The summed E-state index contributed by atoms with van der Waals surface area (Å²) in [4.78, 5) is 0. The zero-order valence-electron chi connectivity index (χ0n) is 8.38. The first-order valence-corrected chi connectivity index (χ1v) is 5.25. The fourth-order valence-electron chi connectivity index (χ4n) is 1.30. The zero-order chi connectivity index (χ0) is 10.6. The van der Waals surface area contributed by atoms with Gasteiger partial charge in [0.25, 0.3) is 0 Å². The van der Waals surface area contributed by atoms with E-state index in [1.165, 1.54) is 0 Å². The molecule has 14 heavy (non-hydrogen) atoms. The second kappa shape index (κ2) is 5.07. The van der Waals surface area contributed by atoms with E-state index in [0.717, 1.165) is 22.2 Å². The van der Waals surface area contributed by atoms with Gasteiger partial charge in [-0.1, -0.05) is 22.9 Å². The van der Waals surface area contributed by atoms with Crippen LogP contribution in [0, 0.1) is 18.3 Å². The topological polar surface area (TPSA) is 9.23 Å². The van der Waals surface area contributed by atoms with Gasteiger partial charge in [-0.3, -0.25) is 0 Å². The van der Waals surface area contributed by atoms with Crippen LogP contribution < -0.4 is 4.74 Å². The minimum atomic E-state index is 0.234. The Morgan fingerprint density at radius 3 is 2.86 bits per heavy atom. The zero-order valence-corrected chi connectivity index (χ0v) is 9.97. The van der Waals surface area contributed by atoms with Gasteiger partial charge in [0.1, 0.15) is 5.75 Å². The summed E-state index contributed by atoms with van der Waals surface area (Å²) in [6.45, 7) is 2.03. The molecule has 0 saturated heterocycles. The Bertz CT molecular complexity index is 352. The average molecular weight is 253 g/mol. The monoisotopic (exact) mass is 252 g/mol. The third-order valence-electron chi connectivity index (χ3n) is 2.05. The highest BCUT2D eigenvalue weighted by Crippen LogP contribution is 2.25. The highest BCUT2D eigenvalue weighted by molar-refractivity contribution is 9.10. The molecule has 0 aliphatic carbocycles. The Morgan fingerprint density at radius 1 is 1.57 bits per heavy atom. The smallest absolute Gasteiger partial charge is 0.122 e. The average Bonchev–Trinajstić information content (AvgIpc) is 2.18. The molecule has 1 aromatic rings. The van der Waals surface area contributed by atoms with Crippen LogP contribution in [0.3, 0.4) is 0 Å². The molecule has 1 unspecified atom stereocenters. The molecule has 0 saturated carbocycles. The molecule has 2 heteroatoms. The maximum atomic E-state index is 5.35. The summed E-state index contributed by atoms with van der Waals surface area (Å²) in [5, 5.41) is 0. The van der Waals surface area contributed by atoms with Gasteiger partial charge >= 0.3 is 0 Å². The number of benzene rings is 1. The fraction of sp³-hybridized carbons (Fsp3) is 0.333. The lowest BCUT2D eigenvalue weighted by molar-refractivity contribution is 0.408. The van der Waals surface area contributed by atoms with Gasteiger partial charge in [-0.05, 0) is 30.2 Å². The van der Waals surface area contributed by atoms with Crippen molar-refractivity contribution in [2.24, 2.45) is 5.92 Å². The number of ether oxygens (including phenoxy) is 1. The van der Waals surface area contributed by atoms with Crippen LogP contribution in [0.1, 0.15) is 12.5 Å². The van der Waals surface area contributed by atoms with Crippen LogP contribution >= 0.6 is 15.9 Å². The van der Waals surface area contributed by atoms with Crippen LogP contribution in [0.2, 0.25) is 0 Å². The van der Waals surface area contributed by atoms with Crippen LogP contribution in [-0.2, 0) is 6.42 Å². The van der Waals surface area contributed by atoms with Gasteiger partial charge in [-0.2, -0.15) is 0 Å². The van der Waals surface area contributed by atoms with Crippen molar-refractivity contribution >= 4 is 15.9 Å². The number of methoxy groups -OCH3 is 1. The molecule has 0 fully saturated rings. The van der Waals surface area contributed by atoms with E-state index >= 15 is 0 Å². The molecule has 1 aromatic carbocycles. The molecule has 0 N–H and O–H groups in total. The van der Waals surface area contributed by atoms with Crippen LogP contribution in [0.5, 0.6) is 5.75 Å². The molecular weight excluding hydrogens is 240 g/mol. The lowest BCUT2D eigenvalue weighted by Crippen LogP contribution is -1.99. The summed E-state index contributed by atoms with van der Waals surface area (Å²) >= 11 is 3.43. The first-order valence-electron chi connectivity index (χ1n) is 4.46. The van der Waals surface area contributed by atoms with Gasteiger partial charge in [-0.25, -0.2) is 0 Å². The van der Waals surface area contributed by atoms with Crippen molar-refractivity contribution in [2.75, 3.05) is 7.11 Å². The number of halogens is 1. The number of hydrogen-bond acceptors (Lipinski definition) is 1. The van der Waals surface area contributed by atoms with E-state index in [1.807, 2.05) is 25.1 Å². The maximum Gasteiger partial charge on any atom is 0.122 e. The van der Waals surface area contributed by atoms with Crippen LogP contribution in [0.15, 0.2) is 22.7 Å². The molecular formula is C12H13BrO. The first-order chi connectivity index (χ1) is 6.67. The van der Waals surface area contributed by atoms with Gasteiger partial charge in [0, 0.05) is 10.4 Å². The molecule has 1 nitrogen and oxygen atoms in total. The van der Waals surface area contributed by atoms with E-state index in [2.05, 4.69) is 21.9 Å². The van der Waals surface area contributed by atoms with Crippen LogP contribution in [0.4, 0.5) is 0 Å². The molecule has 0 bridgehead atoms. The van der Waals surface area contributed by atoms with Gasteiger partial charge in [0.15, 0.2) is 0 Å². The van der Waals surface area contributed by atoms with Crippen LogP contribution in [0.25, 0.3) is 0 Å². The van der Waals surface area contributed by atoms with Crippen molar-refractivity contribution in [1.82, 2.24) is 0 Å². The summed E-state index contributed by atoms with van der Waals surface area (Å²) in [6.07, 6.45) is 6.19. The summed E-state index contributed by atoms with van der Waals surface area (Å²) in [5.74, 6) is 3.85. The van der Waals surface area contributed by atoms with E-state index in [-0.39, 0.29) is 5.92 Å². The second-order valence-electron chi connectivity index (χ2n) is 3.23. The highest BCUT2D eigenvalue weighted by Gasteiger charge is 2.06. The highest BCUT2D eigenvalue weighted by atomic mass is 79.9. The Balaban J connectivity index is 2.94. The van der Waals surface area contributed by atoms with Crippen molar-refractivity contribution in [1.29, 1.82) is 0 Å². The normalized spacial score (nSPS) is 11.9. The Morgan fingerprint density at radius 2 is 2.29 bits per heavy atom. The van der Waals surface area contributed by atoms with Gasteiger partial charge in [0.05, 0.1) is 7.11 Å². The Hall–Kier alpha value is -0.940. The summed E-state index contributed by atoms with van der Waals surface area (Å²) in [5.41, 5.74) is 1.15. The predicted octanol–water partition coefficient (Wildman–Crippen LogP) is 3.27. The molecule has 1 atom stereocenters. The fourth-order valence-corrected chi connectivity index (χ4v) is 1.70. The first kappa shape index (κ1) is 11.1. The van der Waals surface area contributed by atoms with Crippen LogP contribution in [-0.4, -0.2) is 7.11 Å². The Labute approximate surface area is 93.6 Å². The number of hydrogen-bond donors (Lipinski definition) is 0. The van der Waals surface area contributed by atoms with Crippen molar-refractivity contribution in [3.05, 3.63) is 28.2 Å². The van der Waals surface area contributed by atoms with E-state index in [9.17, 15) is 0 Å². The standard InChI is InChI=1S/C12H13BrO/c1-4-9(2)7-10-8-11(13)5-6-12(10)14-3/h1,5-6,8-9H,7H2,2-3H3. The van der Waals surface area contributed by atoms with E-state index < -0.39 is 0 Å². The molecule has 0 spiro atoms. The van der Waals surface area contributed by atoms with Crippen molar-refractivity contribution in [3.8, 4) is 18.1 Å². The third-order valence-corrected chi connectivity index (χ3v) is 2.55. The molecule has 0 aromatic heterocycles. The number of terminal acetylenes is 1. The lowest BCUT2D eigenvalue weighted by Gasteiger charge is -2.10. The Kier molecular flexibility index (Phi) is 4.03. The molecule has 1 rings (SSSR count). The quantitative estimate of drug-likeness (QED) is 0.751. The van der Waals surface area contributed by atoms with E-state index in [0.29, 0.717) is 0 Å². The molecule has 0 amide bonds. The predicted molar refractivity (Wildman–Crippen MR) is 62.4 cm³/mol. The minimum Gasteiger partial charge on any atom is -0.496 e. The summed E-state index contributed by atoms with van der Waals surface area (Å²) < 4.78 is 6.31. The summed E-state index contributed by atoms with van der Waals surface area (Å²) in [6, 6.07) is 5.96. The molecule has 74 valence electrons. The summed E-state index contributed by atoms with van der Waals surface area (Å²) in [7, 11) is 1.67. The van der Waals surface area contributed by atoms with E-state index in [1.54, 1.807) is 7.11 Å². The number of rotatable bonds is 3. The molecule has 0 aliphatic heterocycles. The lowest BCUT2D eigenvalue weighted by atomic mass is 10.0. The van der Waals surface area contributed by atoms with Crippen molar-refractivity contribution in [2.45, 2.75) is 13.3 Å². The SMILES string of the molecule is C#CC(C)Cc1cc(Br)ccc1OC. The molecule has 0 heterocycles. The molecule has 0 aliphatic rings. The largest absolute Gasteiger partial charge is 0.496 e. The van der Waals surface area contributed by atoms with Gasteiger partial charge in [0.2, 0.25) is 0 Å². The van der Waals surface area contributed by atoms with Gasteiger partial charge in [-0.15, -0.1) is 12.3 Å². The maximum absolute atomic E-state index is 5.35. The van der Waals surface area contributed by atoms with Crippen molar-refractivity contribution in [3.63, 3.8) is 0 Å². The van der Waals surface area contributed by atoms with E-state index in [4.69, 9.17) is 11.2 Å². The third kappa shape index (κ3) is 2.78.